The Morgan fingerprint density at radius 2 is 1.68 bits per heavy atom. The first-order valence-electron chi connectivity index (χ1n) is 14.0. The van der Waals surface area contributed by atoms with E-state index < -0.39 is 0 Å². The maximum atomic E-state index is 11.9. The van der Waals surface area contributed by atoms with Gasteiger partial charge in [-0.3, -0.25) is 4.79 Å². The van der Waals surface area contributed by atoms with E-state index in [-0.39, 0.29) is 33.7 Å². The highest BCUT2D eigenvalue weighted by molar-refractivity contribution is 5.66. The molecule has 34 heavy (non-hydrogen) atoms. The second kappa shape index (κ2) is 7.36. The Balaban J connectivity index is 1.57. The Kier molecular flexibility index (Phi) is 5.28. The first-order chi connectivity index (χ1) is 15.7. The third-order valence-corrected chi connectivity index (χ3v) is 12.5. The van der Waals surface area contributed by atoms with Crippen molar-refractivity contribution in [3.8, 4) is 0 Å². The molecule has 5 rings (SSSR count). The minimum Gasteiger partial charge on any atom is -0.462 e. The topological polar surface area (TPSA) is 26.3 Å². The van der Waals surface area contributed by atoms with Crippen molar-refractivity contribution >= 4 is 5.97 Å². The van der Waals surface area contributed by atoms with Crippen molar-refractivity contribution < 1.29 is 9.53 Å². The summed E-state index contributed by atoms with van der Waals surface area (Å²) in [4.78, 5) is 11.9. The van der Waals surface area contributed by atoms with Crippen LogP contribution < -0.4 is 0 Å². The molecule has 2 nitrogen and oxygen atoms in total. The van der Waals surface area contributed by atoms with Crippen LogP contribution in [0.3, 0.4) is 0 Å². The Morgan fingerprint density at radius 1 is 0.971 bits per heavy atom. The van der Waals surface area contributed by atoms with Gasteiger partial charge in [-0.25, -0.2) is 0 Å². The van der Waals surface area contributed by atoms with E-state index in [0.29, 0.717) is 23.2 Å². The van der Waals surface area contributed by atoms with Crippen molar-refractivity contribution in [2.45, 2.75) is 113 Å². The normalized spacial score (nSPS) is 49.3. The van der Waals surface area contributed by atoms with Crippen molar-refractivity contribution in [3.63, 3.8) is 0 Å². The molecule has 2 fully saturated rings. The molecule has 0 amide bonds. The molecule has 0 aromatic rings. The molecule has 0 saturated heterocycles. The maximum Gasteiger partial charge on any atom is 0.302 e. The highest BCUT2D eigenvalue weighted by Crippen LogP contribution is 2.74. The molecule has 0 radical (unpaired) electrons. The van der Waals surface area contributed by atoms with Crippen LogP contribution in [0.25, 0.3) is 0 Å². The van der Waals surface area contributed by atoms with Crippen LogP contribution in [0.1, 0.15) is 107 Å². The molecule has 0 spiro atoms. The van der Waals surface area contributed by atoms with Crippen LogP contribution in [0, 0.1) is 44.8 Å². The summed E-state index contributed by atoms with van der Waals surface area (Å²) in [7, 11) is 0. The number of allylic oxidation sites excluding steroid dienone is 5. The summed E-state index contributed by atoms with van der Waals surface area (Å²) in [6.07, 6.45) is 16.2. The van der Waals surface area contributed by atoms with Gasteiger partial charge in [-0.2, -0.15) is 0 Å². The van der Waals surface area contributed by atoms with Gasteiger partial charge in [0.2, 0.25) is 0 Å². The Bertz CT molecular complexity index is 996. The largest absolute Gasteiger partial charge is 0.462 e. The summed E-state index contributed by atoms with van der Waals surface area (Å²) in [5, 5.41) is 0. The molecule has 0 unspecified atom stereocenters. The highest BCUT2D eigenvalue weighted by atomic mass is 16.5. The van der Waals surface area contributed by atoms with Gasteiger partial charge in [0, 0.05) is 12.3 Å². The summed E-state index contributed by atoms with van der Waals surface area (Å²) in [6.45, 7) is 21.5. The molecule has 0 aliphatic heterocycles. The van der Waals surface area contributed by atoms with Crippen LogP contribution in [0.15, 0.2) is 34.9 Å². The van der Waals surface area contributed by atoms with Crippen LogP contribution in [0.2, 0.25) is 0 Å². The van der Waals surface area contributed by atoms with E-state index in [9.17, 15) is 4.79 Å². The molecule has 0 heterocycles. The van der Waals surface area contributed by atoms with Crippen molar-refractivity contribution in [3.05, 3.63) is 34.9 Å². The molecule has 0 N–H and O–H groups in total. The number of carbonyl (C=O) groups is 1. The van der Waals surface area contributed by atoms with Crippen LogP contribution in [-0.2, 0) is 9.53 Å². The Labute approximate surface area is 208 Å². The van der Waals surface area contributed by atoms with E-state index in [1.165, 1.54) is 25.7 Å². The summed E-state index contributed by atoms with van der Waals surface area (Å²) in [5.41, 5.74) is 5.98. The molecular formula is C32H48O2. The van der Waals surface area contributed by atoms with Crippen LogP contribution in [-0.4, -0.2) is 12.1 Å². The standard InChI is InChI=1S/C32H48O2/c1-20-12-15-29(6)18-19-31(8)23(27(29)21(20)2)10-11-25-30(7)16-14-26(34-22(3)33)28(4,5)24(30)13-17-32(25,31)9/h10,12-13,21,25-27H,11,14-19H2,1-9H3/t21-,25-,26-,27-,29-,30+,31-,32-/m1/s1. The zero-order valence-electron chi connectivity index (χ0n) is 23.3. The Hall–Kier alpha value is -1.31. The lowest BCUT2D eigenvalue weighted by Crippen LogP contribution is -2.61. The molecule has 5 aliphatic rings. The quantitative estimate of drug-likeness (QED) is 0.287. The molecule has 5 aliphatic carbocycles. The maximum absolute atomic E-state index is 11.9. The molecule has 188 valence electrons. The smallest absolute Gasteiger partial charge is 0.302 e. The monoisotopic (exact) mass is 464 g/mol. The van der Waals surface area contributed by atoms with Gasteiger partial charge >= 0.3 is 5.97 Å². The predicted octanol–water partition coefficient (Wildman–Crippen LogP) is 8.44. The van der Waals surface area contributed by atoms with E-state index in [1.54, 1.807) is 23.6 Å². The fourth-order valence-electron chi connectivity index (χ4n) is 10.1. The number of esters is 1. The second-order valence-corrected chi connectivity index (χ2v) is 14.4. The average Bonchev–Trinajstić information content (AvgIpc) is 2.74. The molecular weight excluding hydrogens is 416 g/mol. The summed E-state index contributed by atoms with van der Waals surface area (Å²) < 4.78 is 5.86. The third-order valence-electron chi connectivity index (χ3n) is 12.5. The lowest BCUT2D eigenvalue weighted by Gasteiger charge is -2.69. The van der Waals surface area contributed by atoms with Gasteiger partial charge < -0.3 is 4.74 Å². The fraction of sp³-hybridized carbons (Fsp3) is 0.781. The van der Waals surface area contributed by atoms with Crippen LogP contribution in [0.5, 0.6) is 0 Å². The van der Waals surface area contributed by atoms with Gasteiger partial charge in [-0.15, -0.1) is 0 Å². The first kappa shape index (κ1) is 24.4. The van der Waals surface area contributed by atoms with Gasteiger partial charge in [-0.05, 0) is 91.3 Å². The van der Waals surface area contributed by atoms with Gasteiger partial charge in [0.15, 0.2) is 0 Å². The number of ether oxygens (including phenoxy) is 1. The van der Waals surface area contributed by atoms with Crippen LogP contribution in [0.4, 0.5) is 0 Å². The van der Waals surface area contributed by atoms with Gasteiger partial charge in [0.05, 0.1) is 0 Å². The zero-order valence-corrected chi connectivity index (χ0v) is 23.3. The molecule has 2 saturated carbocycles. The average molecular weight is 465 g/mol. The summed E-state index contributed by atoms with van der Waals surface area (Å²) >= 11 is 0. The summed E-state index contributed by atoms with van der Waals surface area (Å²) in [6, 6.07) is 0. The zero-order chi connectivity index (χ0) is 24.9. The minimum absolute atomic E-state index is 0.00722. The highest BCUT2D eigenvalue weighted by Gasteiger charge is 2.66. The van der Waals surface area contributed by atoms with E-state index in [1.807, 2.05) is 0 Å². The van der Waals surface area contributed by atoms with Crippen molar-refractivity contribution in [1.82, 2.24) is 0 Å². The minimum atomic E-state index is -0.142. The lowest BCUT2D eigenvalue weighted by molar-refractivity contribution is -0.159. The molecule has 8 atom stereocenters. The molecule has 0 aromatic carbocycles. The molecule has 0 bridgehead atoms. The fourth-order valence-corrected chi connectivity index (χ4v) is 10.1. The van der Waals surface area contributed by atoms with Crippen molar-refractivity contribution in [2.24, 2.45) is 44.8 Å². The van der Waals surface area contributed by atoms with E-state index in [4.69, 9.17) is 4.74 Å². The van der Waals surface area contributed by atoms with Gasteiger partial charge in [0.1, 0.15) is 6.10 Å². The van der Waals surface area contributed by atoms with E-state index >= 15 is 0 Å². The lowest BCUT2D eigenvalue weighted by atomic mass is 9.35. The second-order valence-electron chi connectivity index (χ2n) is 14.4. The SMILES string of the molecule is CC(=O)O[C@@H]1CC[C@@]2(C)C(=CC[C@]3(C)[C@@H]2CC=C2[C@H]4[C@H](C)C(C)=CC[C@]4(C)CC[C@]23C)C1(C)C. The predicted molar refractivity (Wildman–Crippen MR) is 140 cm³/mol. The molecule has 0 aromatic heterocycles. The van der Waals surface area contributed by atoms with Crippen molar-refractivity contribution in [1.29, 1.82) is 0 Å². The van der Waals surface area contributed by atoms with Crippen molar-refractivity contribution in [2.75, 3.05) is 0 Å². The van der Waals surface area contributed by atoms with Crippen LogP contribution >= 0.6 is 0 Å². The van der Waals surface area contributed by atoms with Gasteiger partial charge in [-0.1, -0.05) is 83.4 Å². The number of fused-ring (bicyclic) bond motifs is 7. The summed E-state index contributed by atoms with van der Waals surface area (Å²) in [5.74, 6) is 1.83. The van der Waals surface area contributed by atoms with E-state index in [2.05, 4.69) is 73.6 Å². The number of carbonyl (C=O) groups excluding carboxylic acids is 1. The number of hydrogen-bond acceptors (Lipinski definition) is 2. The van der Waals surface area contributed by atoms with Gasteiger partial charge in [0.25, 0.3) is 0 Å². The molecule has 2 heteroatoms. The third kappa shape index (κ3) is 2.95. The van der Waals surface area contributed by atoms with E-state index in [0.717, 1.165) is 19.3 Å². The Morgan fingerprint density at radius 3 is 2.35 bits per heavy atom. The first-order valence-corrected chi connectivity index (χ1v) is 14.0. The number of rotatable bonds is 1. The number of hydrogen-bond donors (Lipinski definition) is 0.